The minimum absolute atomic E-state index is 0.109. The van der Waals surface area contributed by atoms with Crippen molar-refractivity contribution in [3.8, 4) is 0 Å². The molecule has 0 unspecified atom stereocenters. The average molecular weight is 411 g/mol. The summed E-state index contributed by atoms with van der Waals surface area (Å²) in [6.07, 6.45) is 2.91. The molecule has 0 spiro atoms. The zero-order valence-corrected chi connectivity index (χ0v) is 16.6. The van der Waals surface area contributed by atoms with E-state index in [4.69, 9.17) is 9.47 Å². The number of benzene rings is 1. The van der Waals surface area contributed by atoms with E-state index in [1.165, 1.54) is 16.8 Å². The van der Waals surface area contributed by atoms with E-state index in [0.29, 0.717) is 37.6 Å². The molecular formula is C22H22FN3O4. The topological polar surface area (TPSA) is 75.4 Å². The lowest BCUT2D eigenvalue weighted by Crippen LogP contribution is -2.27. The van der Waals surface area contributed by atoms with E-state index in [-0.39, 0.29) is 24.0 Å². The zero-order chi connectivity index (χ0) is 21.1. The highest BCUT2D eigenvalue weighted by molar-refractivity contribution is 5.90. The van der Waals surface area contributed by atoms with E-state index < -0.39 is 5.82 Å². The first-order chi connectivity index (χ1) is 14.5. The van der Waals surface area contributed by atoms with Gasteiger partial charge in [-0.05, 0) is 24.1 Å². The maximum Gasteiger partial charge on any atom is 0.341 e. The van der Waals surface area contributed by atoms with Crippen LogP contribution in [-0.2, 0) is 22.6 Å². The number of hydrogen-bond acceptors (Lipinski definition) is 5. The number of ether oxygens (including phenoxy) is 2. The van der Waals surface area contributed by atoms with E-state index >= 15 is 0 Å². The number of aromatic nitrogens is 3. The van der Waals surface area contributed by atoms with Crippen LogP contribution in [0.1, 0.15) is 40.0 Å². The Bertz CT molecular complexity index is 1100. The van der Waals surface area contributed by atoms with Gasteiger partial charge in [-0.3, -0.25) is 9.48 Å². The van der Waals surface area contributed by atoms with Gasteiger partial charge in [0.1, 0.15) is 11.4 Å². The van der Waals surface area contributed by atoms with Gasteiger partial charge in [0.2, 0.25) is 0 Å². The van der Waals surface area contributed by atoms with Crippen LogP contribution in [0, 0.1) is 5.82 Å². The van der Waals surface area contributed by atoms with Crippen LogP contribution in [0.2, 0.25) is 0 Å². The predicted molar refractivity (Wildman–Crippen MR) is 107 cm³/mol. The summed E-state index contributed by atoms with van der Waals surface area (Å²) in [5, 5.41) is 4.59. The highest BCUT2D eigenvalue weighted by Crippen LogP contribution is 2.26. The van der Waals surface area contributed by atoms with E-state index in [9.17, 15) is 14.0 Å². The molecule has 1 aliphatic heterocycles. The highest BCUT2D eigenvalue weighted by atomic mass is 19.1. The van der Waals surface area contributed by atoms with Gasteiger partial charge in [0.25, 0.3) is 5.56 Å². The van der Waals surface area contributed by atoms with Crippen molar-refractivity contribution in [2.75, 3.05) is 19.8 Å². The standard InChI is InChI=1S/C22H22FN3O4/c1-2-30-22(28)19-12-26(24-21(19)17-13-29-14-17)10-16-5-3-15(4-6-16)9-25-11-18(23)7-8-20(25)27/h3-8,11-12,17H,2,9-10,13-14H2,1H3. The number of halogens is 1. The Balaban J connectivity index is 1.49. The normalized spacial score (nSPS) is 13.8. The van der Waals surface area contributed by atoms with Gasteiger partial charge in [-0.1, -0.05) is 24.3 Å². The van der Waals surface area contributed by atoms with Crippen molar-refractivity contribution in [2.24, 2.45) is 0 Å². The van der Waals surface area contributed by atoms with Gasteiger partial charge < -0.3 is 14.0 Å². The number of nitrogens with zero attached hydrogens (tertiary/aromatic N) is 3. The summed E-state index contributed by atoms with van der Waals surface area (Å²) >= 11 is 0. The fraction of sp³-hybridized carbons (Fsp3) is 0.318. The second-order valence-corrected chi connectivity index (χ2v) is 7.21. The molecule has 3 heterocycles. The molecule has 0 aliphatic carbocycles. The van der Waals surface area contributed by atoms with Crippen LogP contribution in [0.4, 0.5) is 4.39 Å². The van der Waals surface area contributed by atoms with E-state index in [2.05, 4.69) is 5.10 Å². The molecule has 1 aliphatic rings. The summed E-state index contributed by atoms with van der Waals surface area (Å²) in [6.45, 7) is 3.96. The lowest BCUT2D eigenvalue weighted by atomic mass is 10.0. The molecule has 30 heavy (non-hydrogen) atoms. The number of pyridine rings is 1. The van der Waals surface area contributed by atoms with Crippen molar-refractivity contribution in [2.45, 2.75) is 25.9 Å². The average Bonchev–Trinajstić information content (AvgIpc) is 3.08. The van der Waals surface area contributed by atoms with Crippen molar-refractivity contribution >= 4 is 5.97 Å². The third kappa shape index (κ3) is 4.33. The summed E-state index contributed by atoms with van der Waals surface area (Å²) in [5.74, 6) is -0.714. The first-order valence-corrected chi connectivity index (χ1v) is 9.79. The molecule has 156 valence electrons. The molecule has 0 saturated carbocycles. The number of carbonyl (C=O) groups excluding carboxylic acids is 1. The number of rotatable bonds is 7. The zero-order valence-electron chi connectivity index (χ0n) is 16.6. The Morgan fingerprint density at radius 3 is 2.47 bits per heavy atom. The molecule has 0 bridgehead atoms. The van der Waals surface area contributed by atoms with E-state index in [1.54, 1.807) is 17.8 Å². The second kappa shape index (κ2) is 8.62. The van der Waals surface area contributed by atoms with Crippen LogP contribution in [-0.4, -0.2) is 40.1 Å². The van der Waals surface area contributed by atoms with Crippen molar-refractivity contribution < 1.29 is 18.7 Å². The second-order valence-electron chi connectivity index (χ2n) is 7.21. The van der Waals surface area contributed by atoms with Crippen molar-refractivity contribution in [3.63, 3.8) is 0 Å². The number of esters is 1. The summed E-state index contributed by atoms with van der Waals surface area (Å²) in [4.78, 5) is 24.1. The molecule has 4 rings (SSSR count). The van der Waals surface area contributed by atoms with Gasteiger partial charge >= 0.3 is 5.97 Å². The lowest BCUT2D eigenvalue weighted by Gasteiger charge is -2.24. The van der Waals surface area contributed by atoms with Gasteiger partial charge in [-0.2, -0.15) is 5.10 Å². The summed E-state index contributed by atoms with van der Waals surface area (Å²) in [7, 11) is 0. The first-order valence-electron chi connectivity index (χ1n) is 9.79. The minimum atomic E-state index is -0.449. The monoisotopic (exact) mass is 411 g/mol. The Morgan fingerprint density at radius 2 is 1.83 bits per heavy atom. The quantitative estimate of drug-likeness (QED) is 0.559. The molecule has 1 aromatic carbocycles. The summed E-state index contributed by atoms with van der Waals surface area (Å²) in [5.41, 5.74) is 2.80. The molecule has 0 amide bonds. The molecule has 2 aromatic heterocycles. The van der Waals surface area contributed by atoms with Gasteiger partial charge in [-0.25, -0.2) is 9.18 Å². The minimum Gasteiger partial charge on any atom is -0.462 e. The van der Waals surface area contributed by atoms with Crippen molar-refractivity contribution in [3.05, 3.63) is 87.3 Å². The third-order valence-electron chi connectivity index (χ3n) is 4.98. The fourth-order valence-corrected chi connectivity index (χ4v) is 3.34. The van der Waals surface area contributed by atoms with E-state index in [1.807, 2.05) is 24.3 Å². The van der Waals surface area contributed by atoms with Gasteiger partial charge in [0.15, 0.2) is 0 Å². The largest absolute Gasteiger partial charge is 0.462 e. The van der Waals surface area contributed by atoms with Crippen LogP contribution < -0.4 is 5.56 Å². The van der Waals surface area contributed by atoms with Gasteiger partial charge in [0.05, 0.1) is 44.5 Å². The summed E-state index contributed by atoms with van der Waals surface area (Å²) < 4.78 is 26.8. The van der Waals surface area contributed by atoms with E-state index in [0.717, 1.165) is 17.2 Å². The Labute approximate surface area is 172 Å². The Kier molecular flexibility index (Phi) is 5.76. The molecule has 1 saturated heterocycles. The summed E-state index contributed by atoms with van der Waals surface area (Å²) in [6, 6.07) is 10.0. The van der Waals surface area contributed by atoms with Crippen LogP contribution >= 0.6 is 0 Å². The molecule has 1 fully saturated rings. The molecule has 3 aromatic rings. The molecule has 0 N–H and O–H groups in total. The van der Waals surface area contributed by atoms with Gasteiger partial charge in [-0.15, -0.1) is 0 Å². The third-order valence-corrected chi connectivity index (χ3v) is 4.98. The smallest absolute Gasteiger partial charge is 0.341 e. The Morgan fingerprint density at radius 1 is 1.13 bits per heavy atom. The molecule has 8 heteroatoms. The lowest BCUT2D eigenvalue weighted by molar-refractivity contribution is 0.00573. The van der Waals surface area contributed by atoms with Gasteiger partial charge in [0, 0.05) is 18.5 Å². The van der Waals surface area contributed by atoms with Crippen molar-refractivity contribution in [1.82, 2.24) is 14.3 Å². The first kappa shape index (κ1) is 20.0. The maximum atomic E-state index is 13.4. The number of hydrogen-bond donors (Lipinski definition) is 0. The van der Waals surface area contributed by atoms with Crippen LogP contribution in [0.15, 0.2) is 53.6 Å². The Hall–Kier alpha value is -3.26. The van der Waals surface area contributed by atoms with Crippen LogP contribution in [0.25, 0.3) is 0 Å². The van der Waals surface area contributed by atoms with Crippen LogP contribution in [0.3, 0.4) is 0 Å². The molecule has 0 radical (unpaired) electrons. The van der Waals surface area contributed by atoms with Crippen molar-refractivity contribution in [1.29, 1.82) is 0 Å². The predicted octanol–water partition coefficient (Wildman–Crippen LogP) is 2.57. The molecule has 0 atom stereocenters. The maximum absolute atomic E-state index is 13.4. The number of carbonyl (C=O) groups is 1. The molecular weight excluding hydrogens is 389 g/mol. The van der Waals surface area contributed by atoms with Crippen LogP contribution in [0.5, 0.6) is 0 Å². The SMILES string of the molecule is CCOC(=O)c1cn(Cc2ccc(Cn3cc(F)ccc3=O)cc2)nc1C1COC1. The highest BCUT2D eigenvalue weighted by Gasteiger charge is 2.29. The fourth-order valence-electron chi connectivity index (χ4n) is 3.34. The molecule has 7 nitrogen and oxygen atoms in total.